The van der Waals surface area contributed by atoms with Gasteiger partial charge in [-0.1, -0.05) is 11.2 Å². The van der Waals surface area contributed by atoms with E-state index in [1.807, 2.05) is 12.1 Å². The summed E-state index contributed by atoms with van der Waals surface area (Å²) < 4.78 is 0. The zero-order chi connectivity index (χ0) is 18.6. The van der Waals surface area contributed by atoms with Crippen LogP contribution in [0.15, 0.2) is 54.2 Å². The number of hydrogen-bond donors (Lipinski definition) is 2. The molecule has 4 heterocycles. The molecule has 9 nitrogen and oxygen atoms in total. The van der Waals surface area contributed by atoms with E-state index in [1.165, 1.54) is 0 Å². The van der Waals surface area contributed by atoms with Gasteiger partial charge in [-0.25, -0.2) is 4.79 Å². The first-order valence-electron chi connectivity index (χ1n) is 8.57. The Labute approximate surface area is 155 Å². The first kappa shape index (κ1) is 17.0. The molecule has 138 valence electrons. The largest absolute Gasteiger partial charge is 0.389 e. The number of nitrogens with zero attached hydrogens (tertiary/aromatic N) is 4. The van der Waals surface area contributed by atoms with Crippen LogP contribution in [0.2, 0.25) is 0 Å². The minimum atomic E-state index is -0.302. The van der Waals surface area contributed by atoms with Crippen LogP contribution in [0.4, 0.5) is 10.5 Å². The summed E-state index contributed by atoms with van der Waals surface area (Å²) in [6, 6.07) is 6.94. The van der Waals surface area contributed by atoms with Crippen LogP contribution in [-0.2, 0) is 16.2 Å². The van der Waals surface area contributed by atoms with Crippen molar-refractivity contribution in [3.63, 3.8) is 0 Å². The lowest BCUT2D eigenvalue weighted by atomic mass is 10.0. The molecule has 0 aromatic carbocycles. The lowest BCUT2D eigenvalue weighted by Gasteiger charge is -2.17. The molecule has 0 radical (unpaired) electrons. The third-order valence-corrected chi connectivity index (χ3v) is 4.51. The average Bonchev–Trinajstić information content (AvgIpc) is 3.28. The summed E-state index contributed by atoms with van der Waals surface area (Å²) in [5, 5.41) is 9.54. The topological polar surface area (TPSA) is 109 Å². The Bertz CT molecular complexity index is 858. The van der Waals surface area contributed by atoms with Crippen molar-refractivity contribution in [1.82, 2.24) is 20.2 Å². The van der Waals surface area contributed by atoms with Gasteiger partial charge in [0.05, 0.1) is 24.3 Å². The second kappa shape index (κ2) is 7.40. The number of likely N-dealkylation sites (tertiary alicyclic amines) is 1. The highest BCUT2D eigenvalue weighted by Crippen LogP contribution is 2.27. The smallest absolute Gasteiger partial charge is 0.322 e. The Hall–Kier alpha value is -3.49. The highest BCUT2D eigenvalue weighted by atomic mass is 16.6. The number of oxime groups is 1. The molecule has 2 N–H and O–H groups in total. The molecule has 2 atom stereocenters. The van der Waals surface area contributed by atoms with Crippen molar-refractivity contribution < 1.29 is 14.4 Å². The Kier molecular flexibility index (Phi) is 4.65. The Morgan fingerprint density at radius 3 is 2.70 bits per heavy atom. The van der Waals surface area contributed by atoms with Crippen molar-refractivity contribution >= 4 is 23.3 Å². The number of carbonyl (C=O) groups excluding carboxylic acids is 2. The molecule has 0 spiro atoms. The van der Waals surface area contributed by atoms with E-state index in [1.54, 1.807) is 41.8 Å². The predicted octanol–water partition coefficient (Wildman–Crippen LogP) is 1.01. The number of rotatable bonds is 4. The third kappa shape index (κ3) is 3.71. The number of urea groups is 1. The van der Waals surface area contributed by atoms with Crippen LogP contribution in [0.1, 0.15) is 5.56 Å². The molecule has 9 heteroatoms. The summed E-state index contributed by atoms with van der Waals surface area (Å²) in [6.45, 7) is 1.10. The van der Waals surface area contributed by atoms with Gasteiger partial charge in [0.25, 0.3) is 5.91 Å². The molecule has 3 amide bonds. The average molecular weight is 366 g/mol. The zero-order valence-electron chi connectivity index (χ0n) is 14.4. The second-order valence-corrected chi connectivity index (χ2v) is 6.35. The van der Waals surface area contributed by atoms with Crippen molar-refractivity contribution in [2.24, 2.45) is 11.1 Å². The maximum atomic E-state index is 12.5. The van der Waals surface area contributed by atoms with Gasteiger partial charge in [0.2, 0.25) is 0 Å². The fourth-order valence-corrected chi connectivity index (χ4v) is 3.13. The van der Waals surface area contributed by atoms with Gasteiger partial charge in [-0.2, -0.15) is 0 Å². The van der Waals surface area contributed by atoms with E-state index in [2.05, 4.69) is 25.8 Å². The summed E-state index contributed by atoms with van der Waals surface area (Å²) in [5.41, 5.74) is 1.83. The van der Waals surface area contributed by atoms with E-state index in [4.69, 9.17) is 4.84 Å². The number of pyridine rings is 2. The number of amides is 3. The molecule has 2 unspecified atom stereocenters. The molecular formula is C18H18N6O3. The van der Waals surface area contributed by atoms with E-state index in [0.29, 0.717) is 31.0 Å². The number of nitrogens with one attached hydrogen (secondary N) is 2. The molecule has 0 saturated carbocycles. The lowest BCUT2D eigenvalue weighted by molar-refractivity contribution is -0.115. The van der Waals surface area contributed by atoms with Gasteiger partial charge in [-0.15, -0.1) is 0 Å². The third-order valence-electron chi connectivity index (χ3n) is 4.51. The standard InChI is InChI=1S/C18H18N6O3/c25-17(21-8-12-3-1-5-19-7-12)16-14-10-24(11-15(14)27-23-16)18(26)22-13-4-2-6-20-9-13/h1-7,9,14-15H,8,10-11H2,(H,21,25)(H,22,26). The van der Waals surface area contributed by atoms with E-state index >= 15 is 0 Å². The summed E-state index contributed by atoms with van der Waals surface area (Å²) in [6.07, 6.45) is 6.27. The van der Waals surface area contributed by atoms with E-state index in [0.717, 1.165) is 5.56 Å². The fraction of sp³-hybridized carbons (Fsp3) is 0.278. The molecule has 2 aliphatic heterocycles. The Morgan fingerprint density at radius 2 is 1.96 bits per heavy atom. The van der Waals surface area contributed by atoms with Crippen molar-refractivity contribution in [2.75, 3.05) is 18.4 Å². The van der Waals surface area contributed by atoms with Gasteiger partial charge in [0.15, 0.2) is 11.8 Å². The fourth-order valence-electron chi connectivity index (χ4n) is 3.13. The van der Waals surface area contributed by atoms with Gasteiger partial charge in [-0.3, -0.25) is 14.8 Å². The molecule has 2 aromatic heterocycles. The predicted molar refractivity (Wildman–Crippen MR) is 96.7 cm³/mol. The minimum absolute atomic E-state index is 0.237. The number of anilines is 1. The Morgan fingerprint density at radius 1 is 1.15 bits per heavy atom. The number of hydrogen-bond acceptors (Lipinski definition) is 6. The van der Waals surface area contributed by atoms with Crippen LogP contribution in [0.25, 0.3) is 0 Å². The molecule has 27 heavy (non-hydrogen) atoms. The highest BCUT2D eigenvalue weighted by molar-refractivity contribution is 6.40. The maximum Gasteiger partial charge on any atom is 0.322 e. The SMILES string of the molecule is O=C(NCc1cccnc1)C1=NOC2CN(C(=O)Nc3cccnc3)CC12. The minimum Gasteiger partial charge on any atom is -0.389 e. The number of fused-ring (bicyclic) bond motifs is 1. The summed E-state index contributed by atoms with van der Waals surface area (Å²) >= 11 is 0. The lowest BCUT2D eigenvalue weighted by Crippen LogP contribution is -2.38. The monoisotopic (exact) mass is 366 g/mol. The summed E-state index contributed by atoms with van der Waals surface area (Å²) in [5.74, 6) is -0.528. The first-order chi connectivity index (χ1) is 13.2. The first-order valence-corrected chi connectivity index (χ1v) is 8.57. The van der Waals surface area contributed by atoms with Gasteiger partial charge in [0, 0.05) is 31.7 Å². The van der Waals surface area contributed by atoms with Crippen molar-refractivity contribution in [3.8, 4) is 0 Å². The van der Waals surface area contributed by atoms with E-state index < -0.39 is 0 Å². The quantitative estimate of drug-likeness (QED) is 0.839. The van der Waals surface area contributed by atoms with Gasteiger partial charge < -0.3 is 20.4 Å². The molecular weight excluding hydrogens is 348 g/mol. The van der Waals surface area contributed by atoms with Crippen LogP contribution in [0, 0.1) is 5.92 Å². The molecule has 1 saturated heterocycles. The molecule has 2 aromatic rings. The molecule has 2 aliphatic rings. The van der Waals surface area contributed by atoms with Crippen molar-refractivity contribution in [2.45, 2.75) is 12.6 Å². The second-order valence-electron chi connectivity index (χ2n) is 6.35. The van der Waals surface area contributed by atoms with Crippen LogP contribution in [0.5, 0.6) is 0 Å². The van der Waals surface area contributed by atoms with E-state index in [9.17, 15) is 9.59 Å². The normalized spacial score (nSPS) is 20.4. The molecule has 1 fully saturated rings. The van der Waals surface area contributed by atoms with Crippen LogP contribution in [-0.4, -0.2) is 51.7 Å². The van der Waals surface area contributed by atoms with E-state index in [-0.39, 0.29) is 24.0 Å². The van der Waals surface area contributed by atoms with Gasteiger partial charge in [0.1, 0.15) is 0 Å². The molecule has 4 rings (SSSR count). The zero-order valence-corrected chi connectivity index (χ0v) is 14.4. The maximum absolute atomic E-state index is 12.5. The van der Waals surface area contributed by atoms with Gasteiger partial charge in [-0.05, 0) is 23.8 Å². The number of carbonyl (C=O) groups is 2. The highest BCUT2D eigenvalue weighted by Gasteiger charge is 2.46. The van der Waals surface area contributed by atoms with Crippen LogP contribution in [0.3, 0.4) is 0 Å². The van der Waals surface area contributed by atoms with Crippen molar-refractivity contribution in [3.05, 3.63) is 54.6 Å². The number of aromatic nitrogens is 2. The van der Waals surface area contributed by atoms with Crippen molar-refractivity contribution in [1.29, 1.82) is 0 Å². The summed E-state index contributed by atoms with van der Waals surface area (Å²) in [7, 11) is 0. The molecule has 0 aliphatic carbocycles. The Balaban J connectivity index is 1.34. The van der Waals surface area contributed by atoms with Gasteiger partial charge >= 0.3 is 6.03 Å². The van der Waals surface area contributed by atoms with Crippen LogP contribution < -0.4 is 10.6 Å². The summed E-state index contributed by atoms with van der Waals surface area (Å²) in [4.78, 5) is 39.9. The van der Waals surface area contributed by atoms with Crippen LogP contribution >= 0.6 is 0 Å². The molecule has 0 bridgehead atoms.